The van der Waals surface area contributed by atoms with Crippen molar-refractivity contribution in [1.29, 1.82) is 0 Å². The van der Waals surface area contributed by atoms with Crippen LogP contribution in [0, 0.1) is 0 Å². The number of piperidine rings is 1. The van der Waals surface area contributed by atoms with Crippen molar-refractivity contribution < 1.29 is 14.7 Å². The molecule has 0 saturated carbocycles. The molecule has 7 nitrogen and oxygen atoms in total. The summed E-state index contributed by atoms with van der Waals surface area (Å²) in [6.07, 6.45) is 1.96. The average molecular weight is 278 g/mol. The highest BCUT2D eigenvalue weighted by molar-refractivity contribution is 5.92. The number of hydrogen-bond donors (Lipinski definition) is 3. The molecule has 1 saturated heterocycles. The van der Waals surface area contributed by atoms with Crippen LogP contribution in [0.3, 0.4) is 0 Å². The lowest BCUT2D eigenvalue weighted by atomic mass is 10.1. The van der Waals surface area contributed by atoms with Crippen LogP contribution in [0.5, 0.6) is 0 Å². The summed E-state index contributed by atoms with van der Waals surface area (Å²) in [5.74, 6) is 0.0535. The molecule has 2 heterocycles. The molecular weight excluding hydrogens is 260 g/mol. The van der Waals surface area contributed by atoms with Crippen molar-refractivity contribution in [3.63, 3.8) is 0 Å². The van der Waals surface area contributed by atoms with Gasteiger partial charge in [-0.05, 0) is 38.1 Å². The highest BCUT2D eigenvalue weighted by Crippen LogP contribution is 2.12. The molecule has 20 heavy (non-hydrogen) atoms. The van der Waals surface area contributed by atoms with E-state index >= 15 is 0 Å². The predicted octanol–water partition coefficient (Wildman–Crippen LogP) is 0.752. The van der Waals surface area contributed by atoms with E-state index in [4.69, 9.17) is 0 Å². The van der Waals surface area contributed by atoms with Crippen molar-refractivity contribution in [2.24, 2.45) is 0 Å². The number of nitrogens with one attached hydrogen (secondary N) is 2. The van der Waals surface area contributed by atoms with Crippen molar-refractivity contribution in [1.82, 2.24) is 15.2 Å². The van der Waals surface area contributed by atoms with E-state index in [0.29, 0.717) is 5.82 Å². The van der Waals surface area contributed by atoms with Gasteiger partial charge in [0.2, 0.25) is 5.91 Å². The van der Waals surface area contributed by atoms with Gasteiger partial charge in [-0.2, -0.15) is 0 Å². The Morgan fingerprint density at radius 3 is 2.75 bits per heavy atom. The standard InChI is InChI=1S/C13H18N4O3/c18-12(16-11-3-1-2-6-15-11)9-17(13(19)20)10-4-7-14-8-5-10/h1-3,6,10,14H,4-5,7-9H2,(H,19,20)(H,15,16,18). The minimum absolute atomic E-state index is 0.108. The second-order valence-corrected chi connectivity index (χ2v) is 4.65. The summed E-state index contributed by atoms with van der Waals surface area (Å²) < 4.78 is 0. The molecule has 0 spiro atoms. The van der Waals surface area contributed by atoms with Gasteiger partial charge >= 0.3 is 6.09 Å². The minimum atomic E-state index is -1.06. The van der Waals surface area contributed by atoms with E-state index in [1.807, 2.05) is 0 Å². The smallest absolute Gasteiger partial charge is 0.408 e. The Kier molecular flexibility index (Phi) is 4.89. The zero-order valence-electron chi connectivity index (χ0n) is 11.1. The Morgan fingerprint density at radius 2 is 2.15 bits per heavy atom. The van der Waals surface area contributed by atoms with Crippen LogP contribution in [0.2, 0.25) is 0 Å². The van der Waals surface area contributed by atoms with Crippen LogP contribution >= 0.6 is 0 Å². The van der Waals surface area contributed by atoms with Crippen molar-refractivity contribution in [2.45, 2.75) is 18.9 Å². The van der Waals surface area contributed by atoms with Crippen LogP contribution in [0.4, 0.5) is 10.6 Å². The van der Waals surface area contributed by atoms with Crippen LogP contribution in [-0.4, -0.2) is 52.7 Å². The molecule has 0 aliphatic carbocycles. The molecule has 0 radical (unpaired) electrons. The zero-order valence-corrected chi connectivity index (χ0v) is 11.1. The number of pyridine rings is 1. The van der Waals surface area contributed by atoms with Gasteiger partial charge in [-0.1, -0.05) is 6.07 Å². The molecule has 1 aromatic heterocycles. The number of carbonyl (C=O) groups excluding carboxylic acids is 1. The first-order valence-electron chi connectivity index (χ1n) is 6.58. The average Bonchev–Trinajstić information content (AvgIpc) is 2.46. The monoisotopic (exact) mass is 278 g/mol. The first-order valence-corrected chi connectivity index (χ1v) is 6.58. The van der Waals surface area contributed by atoms with Gasteiger partial charge in [0.25, 0.3) is 0 Å². The Labute approximate surface area is 117 Å². The van der Waals surface area contributed by atoms with Gasteiger partial charge in [0, 0.05) is 12.2 Å². The van der Waals surface area contributed by atoms with Gasteiger partial charge in [-0.3, -0.25) is 9.69 Å². The molecule has 0 atom stereocenters. The molecular formula is C13H18N4O3. The number of carbonyl (C=O) groups is 2. The molecule has 2 rings (SSSR count). The lowest BCUT2D eigenvalue weighted by Crippen LogP contribution is -2.48. The minimum Gasteiger partial charge on any atom is -0.465 e. The maximum absolute atomic E-state index is 11.9. The van der Waals surface area contributed by atoms with E-state index in [-0.39, 0.29) is 18.5 Å². The highest BCUT2D eigenvalue weighted by Gasteiger charge is 2.26. The third-order valence-electron chi connectivity index (χ3n) is 3.24. The number of hydrogen-bond acceptors (Lipinski definition) is 4. The topological polar surface area (TPSA) is 94.6 Å². The van der Waals surface area contributed by atoms with Gasteiger partial charge < -0.3 is 15.7 Å². The maximum atomic E-state index is 11.9. The first kappa shape index (κ1) is 14.3. The SMILES string of the molecule is O=C(CN(C(=O)O)C1CCNCC1)Nc1ccccn1. The summed E-state index contributed by atoms with van der Waals surface area (Å²) in [7, 11) is 0. The third kappa shape index (κ3) is 3.92. The fraction of sp³-hybridized carbons (Fsp3) is 0.462. The summed E-state index contributed by atoms with van der Waals surface area (Å²) in [4.78, 5) is 28.4. The molecule has 1 aliphatic heterocycles. The number of anilines is 1. The molecule has 3 N–H and O–H groups in total. The molecule has 0 bridgehead atoms. The molecule has 1 aliphatic rings. The van der Waals surface area contributed by atoms with Crippen LogP contribution < -0.4 is 10.6 Å². The fourth-order valence-electron chi connectivity index (χ4n) is 2.25. The highest BCUT2D eigenvalue weighted by atomic mass is 16.4. The quantitative estimate of drug-likeness (QED) is 0.755. The number of aromatic nitrogens is 1. The van der Waals surface area contributed by atoms with Crippen LogP contribution in [0.15, 0.2) is 24.4 Å². The van der Waals surface area contributed by atoms with E-state index in [1.54, 1.807) is 24.4 Å². The van der Waals surface area contributed by atoms with Gasteiger partial charge in [0.05, 0.1) is 0 Å². The molecule has 1 fully saturated rings. The molecule has 1 aromatic rings. The third-order valence-corrected chi connectivity index (χ3v) is 3.24. The summed E-state index contributed by atoms with van der Waals surface area (Å²) >= 11 is 0. The molecule has 0 unspecified atom stereocenters. The predicted molar refractivity (Wildman–Crippen MR) is 73.5 cm³/mol. The number of amides is 2. The summed E-state index contributed by atoms with van der Waals surface area (Å²) in [6.45, 7) is 1.38. The Bertz CT molecular complexity index is 460. The van der Waals surface area contributed by atoms with E-state index < -0.39 is 6.09 Å². The Balaban J connectivity index is 1.93. The lowest BCUT2D eigenvalue weighted by molar-refractivity contribution is -0.117. The largest absolute Gasteiger partial charge is 0.465 e. The summed E-state index contributed by atoms with van der Waals surface area (Å²) in [5, 5.41) is 15.0. The second kappa shape index (κ2) is 6.85. The van der Waals surface area contributed by atoms with E-state index in [2.05, 4.69) is 15.6 Å². The zero-order chi connectivity index (χ0) is 14.4. The lowest BCUT2D eigenvalue weighted by Gasteiger charge is -2.32. The van der Waals surface area contributed by atoms with E-state index in [9.17, 15) is 14.7 Å². The molecule has 7 heteroatoms. The fourth-order valence-corrected chi connectivity index (χ4v) is 2.25. The van der Waals surface area contributed by atoms with Crippen LogP contribution in [0.1, 0.15) is 12.8 Å². The number of carboxylic acid groups (broad SMARTS) is 1. The van der Waals surface area contributed by atoms with Crippen LogP contribution in [0.25, 0.3) is 0 Å². The van der Waals surface area contributed by atoms with Crippen molar-refractivity contribution in [3.8, 4) is 0 Å². The second-order valence-electron chi connectivity index (χ2n) is 4.65. The first-order chi connectivity index (χ1) is 9.66. The van der Waals surface area contributed by atoms with Crippen molar-refractivity contribution in [2.75, 3.05) is 25.0 Å². The summed E-state index contributed by atoms with van der Waals surface area (Å²) in [5.41, 5.74) is 0. The van der Waals surface area contributed by atoms with Crippen molar-refractivity contribution >= 4 is 17.8 Å². The van der Waals surface area contributed by atoms with Crippen LogP contribution in [-0.2, 0) is 4.79 Å². The van der Waals surface area contributed by atoms with Gasteiger partial charge in [0.1, 0.15) is 12.4 Å². The Morgan fingerprint density at radius 1 is 1.40 bits per heavy atom. The maximum Gasteiger partial charge on any atom is 0.408 e. The van der Waals surface area contributed by atoms with Gasteiger partial charge in [-0.15, -0.1) is 0 Å². The molecule has 2 amide bonds. The number of rotatable bonds is 4. The molecule has 108 valence electrons. The van der Waals surface area contributed by atoms with Crippen molar-refractivity contribution in [3.05, 3.63) is 24.4 Å². The summed E-state index contributed by atoms with van der Waals surface area (Å²) in [6, 6.07) is 5.05. The normalized spacial score (nSPS) is 15.6. The molecule has 0 aromatic carbocycles. The van der Waals surface area contributed by atoms with Gasteiger partial charge in [0.15, 0.2) is 0 Å². The number of nitrogens with zero attached hydrogens (tertiary/aromatic N) is 2. The van der Waals surface area contributed by atoms with Gasteiger partial charge in [-0.25, -0.2) is 9.78 Å². The Hall–Kier alpha value is -2.15. The van der Waals surface area contributed by atoms with E-state index in [1.165, 1.54) is 4.90 Å². The van der Waals surface area contributed by atoms with E-state index in [0.717, 1.165) is 25.9 Å².